The second-order valence-corrected chi connectivity index (χ2v) is 10.7. The van der Waals surface area contributed by atoms with Crippen LogP contribution in [0.4, 0.5) is 0 Å². The number of aliphatic hydroxyl groups is 1. The average Bonchev–Trinajstić information content (AvgIpc) is 2.97. The molecule has 1 N–H and O–H groups in total. The predicted molar refractivity (Wildman–Crippen MR) is 116 cm³/mol. The Labute approximate surface area is 168 Å². The van der Waals surface area contributed by atoms with Gasteiger partial charge in [0.15, 0.2) is 0 Å². The third-order valence-corrected chi connectivity index (χ3v) is 9.06. The topological polar surface area (TPSA) is 20.2 Å². The average molecular weight is 371 g/mol. The third-order valence-electron chi connectivity index (χ3n) is 9.06. The summed E-state index contributed by atoms with van der Waals surface area (Å²) in [6, 6.07) is 9.08. The fourth-order valence-electron chi connectivity index (χ4n) is 5.90. The van der Waals surface area contributed by atoms with Gasteiger partial charge in [0, 0.05) is 0 Å². The van der Waals surface area contributed by atoms with Gasteiger partial charge in [-0.2, -0.15) is 0 Å². The molecule has 2 fully saturated rings. The molecule has 0 saturated heterocycles. The molecule has 1 heteroatoms. The SMILES string of the molecule is CC12CCC3c4ccccc4CCC3C1CCC2O.CCC(C)(C)C(C)C. The van der Waals surface area contributed by atoms with Crippen LogP contribution in [0.5, 0.6) is 0 Å². The van der Waals surface area contributed by atoms with Crippen LogP contribution in [0.15, 0.2) is 24.3 Å². The predicted octanol–water partition coefficient (Wildman–Crippen LogP) is 6.98. The molecule has 27 heavy (non-hydrogen) atoms. The van der Waals surface area contributed by atoms with Crippen molar-refractivity contribution < 1.29 is 5.11 Å². The third kappa shape index (κ3) is 3.86. The number of rotatable bonds is 2. The standard InChI is InChI=1S/C18H24O.C8H18/c1-18-11-10-14-13-5-3-2-4-12(13)6-7-15(14)16(18)8-9-17(18)19;1-6-8(4,5)7(2)3/h2-5,14-17,19H,6-11H2,1H3;7H,6H2,1-5H3. The van der Waals surface area contributed by atoms with Crippen LogP contribution in [-0.2, 0) is 6.42 Å². The van der Waals surface area contributed by atoms with Gasteiger partial charge in [0.1, 0.15) is 0 Å². The highest BCUT2D eigenvalue weighted by molar-refractivity contribution is 5.34. The molecule has 0 heterocycles. The van der Waals surface area contributed by atoms with Crippen molar-refractivity contribution in [3.63, 3.8) is 0 Å². The van der Waals surface area contributed by atoms with E-state index in [2.05, 4.69) is 65.8 Å². The van der Waals surface area contributed by atoms with Gasteiger partial charge in [-0.25, -0.2) is 0 Å². The monoisotopic (exact) mass is 370 g/mol. The molecule has 2 saturated carbocycles. The van der Waals surface area contributed by atoms with Crippen LogP contribution in [0.25, 0.3) is 0 Å². The molecular weight excluding hydrogens is 328 g/mol. The fourth-order valence-corrected chi connectivity index (χ4v) is 5.90. The van der Waals surface area contributed by atoms with Crippen LogP contribution in [0.1, 0.15) is 97.1 Å². The van der Waals surface area contributed by atoms with Crippen LogP contribution in [0.3, 0.4) is 0 Å². The van der Waals surface area contributed by atoms with E-state index in [1.54, 1.807) is 11.1 Å². The Balaban J connectivity index is 0.000000226. The Kier molecular flexibility index (Phi) is 6.11. The number of aryl methyl sites for hydroxylation is 1. The summed E-state index contributed by atoms with van der Waals surface area (Å²) in [4.78, 5) is 0. The lowest BCUT2D eigenvalue weighted by molar-refractivity contribution is -0.0226. The van der Waals surface area contributed by atoms with Crippen molar-refractivity contribution in [3.05, 3.63) is 35.4 Å². The highest BCUT2D eigenvalue weighted by Crippen LogP contribution is 2.60. The first kappa shape index (κ1) is 20.9. The zero-order chi connectivity index (χ0) is 19.8. The molecule has 0 spiro atoms. The molecule has 3 aliphatic rings. The Hall–Kier alpha value is -0.820. The molecule has 0 amide bonds. The van der Waals surface area contributed by atoms with Crippen molar-refractivity contribution in [2.75, 3.05) is 0 Å². The zero-order valence-electron chi connectivity index (χ0n) is 18.6. The molecule has 1 nitrogen and oxygen atoms in total. The van der Waals surface area contributed by atoms with Crippen molar-refractivity contribution in [3.8, 4) is 0 Å². The number of hydrogen-bond donors (Lipinski definition) is 1. The number of aliphatic hydroxyl groups excluding tert-OH is 1. The van der Waals surface area contributed by atoms with E-state index in [1.165, 1.54) is 38.5 Å². The highest BCUT2D eigenvalue weighted by Gasteiger charge is 2.54. The molecule has 5 atom stereocenters. The first-order chi connectivity index (χ1) is 12.7. The maximum Gasteiger partial charge on any atom is 0.0596 e. The smallest absolute Gasteiger partial charge is 0.0596 e. The lowest BCUT2D eigenvalue weighted by Crippen LogP contribution is -2.43. The maximum atomic E-state index is 10.4. The Morgan fingerprint density at radius 1 is 1.11 bits per heavy atom. The van der Waals surface area contributed by atoms with Gasteiger partial charge < -0.3 is 5.11 Å². The summed E-state index contributed by atoms with van der Waals surface area (Å²) in [5.41, 5.74) is 3.97. The van der Waals surface area contributed by atoms with Gasteiger partial charge in [-0.15, -0.1) is 0 Å². The first-order valence-corrected chi connectivity index (χ1v) is 11.5. The minimum atomic E-state index is -0.0457. The highest BCUT2D eigenvalue weighted by atomic mass is 16.3. The van der Waals surface area contributed by atoms with Crippen molar-refractivity contribution in [2.24, 2.45) is 28.6 Å². The van der Waals surface area contributed by atoms with Gasteiger partial charge >= 0.3 is 0 Å². The van der Waals surface area contributed by atoms with Crippen LogP contribution in [0.2, 0.25) is 0 Å². The van der Waals surface area contributed by atoms with E-state index in [4.69, 9.17) is 0 Å². The molecule has 1 aromatic rings. The summed E-state index contributed by atoms with van der Waals surface area (Å²) >= 11 is 0. The molecule has 4 rings (SSSR count). The second kappa shape index (κ2) is 7.90. The van der Waals surface area contributed by atoms with Crippen molar-refractivity contribution in [2.45, 2.75) is 98.5 Å². The maximum absolute atomic E-state index is 10.4. The Bertz CT molecular complexity index is 631. The molecule has 1 aromatic carbocycles. The van der Waals surface area contributed by atoms with Crippen molar-refractivity contribution in [1.29, 1.82) is 0 Å². The van der Waals surface area contributed by atoms with E-state index in [-0.39, 0.29) is 11.5 Å². The van der Waals surface area contributed by atoms with E-state index in [0.29, 0.717) is 5.41 Å². The molecule has 0 radical (unpaired) electrons. The van der Waals surface area contributed by atoms with Crippen LogP contribution < -0.4 is 0 Å². The summed E-state index contributed by atoms with van der Waals surface area (Å²) in [5, 5.41) is 10.4. The van der Waals surface area contributed by atoms with Gasteiger partial charge in [0.25, 0.3) is 0 Å². The van der Waals surface area contributed by atoms with E-state index in [1.807, 2.05) is 0 Å². The first-order valence-electron chi connectivity index (χ1n) is 11.5. The molecule has 0 bridgehead atoms. The van der Waals surface area contributed by atoms with E-state index in [0.717, 1.165) is 30.1 Å². The molecule has 5 unspecified atom stereocenters. The summed E-state index contributed by atoms with van der Waals surface area (Å²) in [5.74, 6) is 3.17. The number of fused-ring (bicyclic) bond motifs is 5. The zero-order valence-corrected chi connectivity index (χ0v) is 18.6. The summed E-state index contributed by atoms with van der Waals surface area (Å²) in [6.07, 6.45) is 8.61. The fraction of sp³-hybridized carbons (Fsp3) is 0.769. The summed E-state index contributed by atoms with van der Waals surface area (Å²) in [7, 11) is 0. The number of benzene rings is 1. The van der Waals surface area contributed by atoms with Crippen molar-refractivity contribution in [1.82, 2.24) is 0 Å². The number of hydrogen-bond acceptors (Lipinski definition) is 1. The minimum absolute atomic E-state index is 0.0457. The Morgan fingerprint density at radius 3 is 2.44 bits per heavy atom. The van der Waals surface area contributed by atoms with Crippen LogP contribution >= 0.6 is 0 Å². The Morgan fingerprint density at radius 2 is 1.81 bits per heavy atom. The largest absolute Gasteiger partial charge is 0.393 e. The van der Waals surface area contributed by atoms with E-state index < -0.39 is 0 Å². The summed E-state index contributed by atoms with van der Waals surface area (Å²) < 4.78 is 0. The second-order valence-electron chi connectivity index (χ2n) is 10.7. The van der Waals surface area contributed by atoms with Gasteiger partial charge in [0.05, 0.1) is 6.10 Å². The molecule has 152 valence electrons. The summed E-state index contributed by atoms with van der Waals surface area (Å²) in [6.45, 7) is 13.8. The van der Waals surface area contributed by atoms with E-state index >= 15 is 0 Å². The van der Waals surface area contributed by atoms with Crippen LogP contribution in [0, 0.1) is 28.6 Å². The lowest BCUT2D eigenvalue weighted by Gasteiger charge is -2.50. The van der Waals surface area contributed by atoms with Gasteiger partial charge in [0.2, 0.25) is 0 Å². The van der Waals surface area contributed by atoms with Gasteiger partial charge in [-0.3, -0.25) is 0 Å². The normalized spacial score (nSPS) is 35.0. The molecule has 3 aliphatic carbocycles. The van der Waals surface area contributed by atoms with Crippen LogP contribution in [-0.4, -0.2) is 11.2 Å². The van der Waals surface area contributed by atoms with E-state index in [9.17, 15) is 5.11 Å². The lowest BCUT2D eigenvalue weighted by atomic mass is 9.55. The van der Waals surface area contributed by atoms with Gasteiger partial charge in [-0.05, 0) is 84.2 Å². The van der Waals surface area contributed by atoms with Gasteiger partial charge in [-0.1, -0.05) is 72.2 Å². The molecular formula is C26H42O. The van der Waals surface area contributed by atoms with Crippen molar-refractivity contribution >= 4 is 0 Å². The minimum Gasteiger partial charge on any atom is -0.393 e. The molecule has 0 aliphatic heterocycles. The molecule has 0 aromatic heterocycles. The quantitative estimate of drug-likeness (QED) is 0.595.